The number of nitrogens with one attached hydrogen (secondary N) is 1. The molecule has 1 fully saturated rings. The minimum absolute atomic E-state index is 0.0318. The SMILES string of the molecule is CN(CCO)C(=O)Nc1ccccc1CN(C)C1CCCCC1. The minimum atomic E-state index is -0.188. The van der Waals surface area contributed by atoms with E-state index in [9.17, 15) is 4.79 Å². The van der Waals surface area contributed by atoms with Gasteiger partial charge < -0.3 is 15.3 Å². The van der Waals surface area contributed by atoms with Crippen LogP contribution in [0.5, 0.6) is 0 Å². The van der Waals surface area contributed by atoms with Gasteiger partial charge in [-0.2, -0.15) is 0 Å². The van der Waals surface area contributed by atoms with Gasteiger partial charge in [0.05, 0.1) is 6.61 Å². The van der Waals surface area contributed by atoms with Crippen molar-refractivity contribution < 1.29 is 9.90 Å². The van der Waals surface area contributed by atoms with E-state index in [1.54, 1.807) is 7.05 Å². The number of nitrogens with zero attached hydrogens (tertiary/aromatic N) is 2. The largest absolute Gasteiger partial charge is 0.395 e. The van der Waals surface area contributed by atoms with E-state index >= 15 is 0 Å². The van der Waals surface area contributed by atoms with Gasteiger partial charge in [-0.15, -0.1) is 0 Å². The number of hydrogen-bond donors (Lipinski definition) is 2. The quantitative estimate of drug-likeness (QED) is 0.847. The van der Waals surface area contributed by atoms with E-state index < -0.39 is 0 Å². The van der Waals surface area contributed by atoms with Crippen molar-refractivity contribution in [1.82, 2.24) is 9.80 Å². The number of rotatable bonds is 6. The Hall–Kier alpha value is -1.59. The third-order valence-corrected chi connectivity index (χ3v) is 4.66. The van der Waals surface area contributed by atoms with Gasteiger partial charge in [0.1, 0.15) is 0 Å². The molecule has 5 heteroatoms. The van der Waals surface area contributed by atoms with Crippen molar-refractivity contribution in [3.05, 3.63) is 29.8 Å². The normalized spacial score (nSPS) is 15.7. The van der Waals surface area contributed by atoms with Gasteiger partial charge in [0, 0.05) is 31.9 Å². The Morgan fingerprint density at radius 3 is 2.61 bits per heavy atom. The molecule has 1 aromatic carbocycles. The summed E-state index contributed by atoms with van der Waals surface area (Å²) < 4.78 is 0. The predicted octanol–water partition coefficient (Wildman–Crippen LogP) is 2.91. The molecule has 5 nitrogen and oxygen atoms in total. The van der Waals surface area contributed by atoms with Crippen LogP contribution < -0.4 is 5.32 Å². The molecule has 0 spiro atoms. The second kappa shape index (κ2) is 8.89. The summed E-state index contributed by atoms with van der Waals surface area (Å²) in [6.45, 7) is 1.14. The summed E-state index contributed by atoms with van der Waals surface area (Å²) in [6.07, 6.45) is 6.53. The Bertz CT molecular complexity index is 501. The van der Waals surface area contributed by atoms with Crippen LogP contribution in [0.3, 0.4) is 0 Å². The number of likely N-dealkylation sites (N-methyl/N-ethyl adjacent to an activating group) is 1. The van der Waals surface area contributed by atoms with Gasteiger partial charge in [-0.3, -0.25) is 4.90 Å². The van der Waals surface area contributed by atoms with Crippen LogP contribution in [-0.4, -0.2) is 54.2 Å². The molecule has 0 saturated heterocycles. The second-order valence-electron chi connectivity index (χ2n) is 6.44. The number of aliphatic hydroxyl groups is 1. The molecule has 0 atom stereocenters. The molecule has 0 aromatic heterocycles. The molecule has 0 unspecified atom stereocenters. The molecule has 2 N–H and O–H groups in total. The van der Waals surface area contributed by atoms with Gasteiger partial charge in [-0.05, 0) is 31.5 Å². The summed E-state index contributed by atoms with van der Waals surface area (Å²) in [5, 5.41) is 11.9. The van der Waals surface area contributed by atoms with Crippen LogP contribution in [0, 0.1) is 0 Å². The summed E-state index contributed by atoms with van der Waals surface area (Å²) >= 11 is 0. The van der Waals surface area contributed by atoms with Crippen molar-refractivity contribution in [2.45, 2.75) is 44.7 Å². The summed E-state index contributed by atoms with van der Waals surface area (Å²) in [7, 11) is 3.86. The second-order valence-corrected chi connectivity index (χ2v) is 6.44. The number of anilines is 1. The third-order valence-electron chi connectivity index (χ3n) is 4.66. The Morgan fingerprint density at radius 1 is 1.22 bits per heavy atom. The molecule has 1 saturated carbocycles. The zero-order valence-corrected chi connectivity index (χ0v) is 14.3. The highest BCUT2D eigenvalue weighted by Crippen LogP contribution is 2.25. The molecule has 1 aliphatic carbocycles. The lowest BCUT2D eigenvalue weighted by atomic mass is 9.94. The lowest BCUT2D eigenvalue weighted by molar-refractivity contribution is 0.184. The van der Waals surface area contributed by atoms with Crippen molar-refractivity contribution in [3.8, 4) is 0 Å². The average molecular weight is 319 g/mol. The van der Waals surface area contributed by atoms with Gasteiger partial charge in [0.2, 0.25) is 0 Å². The van der Waals surface area contributed by atoms with Crippen LogP contribution in [0.15, 0.2) is 24.3 Å². The number of aliphatic hydroxyl groups excluding tert-OH is 1. The molecule has 1 aromatic rings. The molecule has 1 aliphatic rings. The molecular formula is C18H29N3O2. The van der Waals surface area contributed by atoms with Crippen molar-refractivity contribution in [2.75, 3.05) is 32.6 Å². The smallest absolute Gasteiger partial charge is 0.321 e. The fourth-order valence-corrected chi connectivity index (χ4v) is 3.16. The molecule has 2 amide bonds. The summed E-state index contributed by atoms with van der Waals surface area (Å²) in [6, 6.07) is 8.41. The predicted molar refractivity (Wildman–Crippen MR) is 93.5 cm³/mol. The number of para-hydroxylation sites is 1. The first kappa shape index (κ1) is 17.8. The number of hydrogen-bond acceptors (Lipinski definition) is 3. The summed E-state index contributed by atoms with van der Waals surface area (Å²) in [5.74, 6) is 0. The van der Waals surface area contributed by atoms with Crippen LogP contribution in [0.4, 0.5) is 10.5 Å². The maximum atomic E-state index is 12.1. The first-order valence-electron chi connectivity index (χ1n) is 8.53. The molecule has 128 valence electrons. The molecule has 23 heavy (non-hydrogen) atoms. The number of amides is 2. The zero-order valence-electron chi connectivity index (χ0n) is 14.3. The van der Waals surface area contributed by atoms with E-state index in [4.69, 9.17) is 5.11 Å². The van der Waals surface area contributed by atoms with Gasteiger partial charge in [0.15, 0.2) is 0 Å². The Kier molecular flexibility index (Phi) is 6.86. The van der Waals surface area contributed by atoms with Gasteiger partial charge >= 0.3 is 6.03 Å². The Balaban J connectivity index is 2.00. The lowest BCUT2D eigenvalue weighted by Gasteiger charge is -2.31. The molecular weight excluding hydrogens is 290 g/mol. The Morgan fingerprint density at radius 2 is 1.91 bits per heavy atom. The maximum Gasteiger partial charge on any atom is 0.321 e. The van der Waals surface area contributed by atoms with Gasteiger partial charge in [-0.25, -0.2) is 4.79 Å². The zero-order chi connectivity index (χ0) is 16.7. The Labute approximate surface area is 139 Å². The van der Waals surface area contributed by atoms with Crippen LogP contribution in [0.25, 0.3) is 0 Å². The topological polar surface area (TPSA) is 55.8 Å². The van der Waals surface area contributed by atoms with E-state index in [1.807, 2.05) is 18.2 Å². The van der Waals surface area contributed by atoms with Gasteiger partial charge in [0.25, 0.3) is 0 Å². The van der Waals surface area contributed by atoms with Crippen molar-refractivity contribution in [1.29, 1.82) is 0 Å². The fraction of sp³-hybridized carbons (Fsp3) is 0.611. The standard InChI is InChI=1S/C18H29N3O2/c1-20(12-13-22)18(23)19-17-11-7-6-8-15(17)14-21(2)16-9-4-3-5-10-16/h6-8,11,16,22H,3-5,9-10,12-14H2,1-2H3,(H,19,23). The van der Waals surface area contributed by atoms with Crippen LogP contribution in [-0.2, 0) is 6.54 Å². The summed E-state index contributed by atoms with van der Waals surface area (Å²) in [5.41, 5.74) is 1.98. The van der Waals surface area contributed by atoms with Crippen molar-refractivity contribution in [3.63, 3.8) is 0 Å². The highest BCUT2D eigenvalue weighted by atomic mass is 16.3. The molecule has 0 aliphatic heterocycles. The highest BCUT2D eigenvalue weighted by molar-refractivity contribution is 5.89. The molecule has 0 heterocycles. The van der Waals surface area contributed by atoms with E-state index in [0.29, 0.717) is 12.6 Å². The number of benzene rings is 1. The van der Waals surface area contributed by atoms with Crippen LogP contribution in [0.1, 0.15) is 37.7 Å². The molecule has 0 radical (unpaired) electrons. The van der Waals surface area contributed by atoms with E-state index in [1.165, 1.54) is 37.0 Å². The van der Waals surface area contributed by atoms with E-state index in [0.717, 1.165) is 17.8 Å². The number of carbonyl (C=O) groups is 1. The average Bonchev–Trinajstić information content (AvgIpc) is 2.57. The minimum Gasteiger partial charge on any atom is -0.395 e. The monoisotopic (exact) mass is 319 g/mol. The highest BCUT2D eigenvalue weighted by Gasteiger charge is 2.19. The molecule has 2 rings (SSSR count). The lowest BCUT2D eigenvalue weighted by Crippen LogP contribution is -2.35. The number of urea groups is 1. The van der Waals surface area contributed by atoms with E-state index in [-0.39, 0.29) is 12.6 Å². The van der Waals surface area contributed by atoms with Crippen molar-refractivity contribution in [2.24, 2.45) is 0 Å². The van der Waals surface area contributed by atoms with E-state index in [2.05, 4.69) is 23.3 Å². The summed E-state index contributed by atoms with van der Waals surface area (Å²) in [4.78, 5) is 16.0. The molecule has 0 bridgehead atoms. The van der Waals surface area contributed by atoms with Crippen molar-refractivity contribution >= 4 is 11.7 Å². The number of carbonyl (C=O) groups excluding carboxylic acids is 1. The first-order valence-corrected chi connectivity index (χ1v) is 8.53. The first-order chi connectivity index (χ1) is 11.1. The van der Waals surface area contributed by atoms with Crippen LogP contribution in [0.2, 0.25) is 0 Å². The van der Waals surface area contributed by atoms with Gasteiger partial charge in [-0.1, -0.05) is 37.5 Å². The van der Waals surface area contributed by atoms with Crippen LogP contribution >= 0.6 is 0 Å². The third kappa shape index (κ3) is 5.22. The maximum absolute atomic E-state index is 12.1. The fourth-order valence-electron chi connectivity index (χ4n) is 3.16.